The van der Waals surface area contributed by atoms with Crippen LogP contribution in [0.1, 0.15) is 80.9 Å². The molecule has 0 aromatic heterocycles. The molecule has 2 saturated heterocycles. The number of hydrogen-bond donors (Lipinski definition) is 5. The molecule has 2 unspecified atom stereocenters. The highest BCUT2D eigenvalue weighted by Crippen LogP contribution is 2.34. The van der Waals surface area contributed by atoms with Crippen LogP contribution in [-0.2, 0) is 57.9 Å². The second-order valence-corrected chi connectivity index (χ2v) is 17.4. The summed E-state index contributed by atoms with van der Waals surface area (Å²) < 4.78 is 53.2. The molecule has 6 amide bonds. The molecule has 5 N–H and O–H groups in total. The number of benzene rings is 4. The molecule has 20 nitrogen and oxygen atoms in total. The van der Waals surface area contributed by atoms with E-state index >= 15 is 4.39 Å². The Hall–Kier alpha value is -8.30. The molecule has 2 heterocycles. The highest BCUT2D eigenvalue weighted by atomic mass is 19.1. The first kappa shape index (κ1) is 56.0. The Morgan fingerprint density at radius 3 is 2.01 bits per heavy atom. The number of amides is 6. The predicted octanol–water partition coefficient (Wildman–Crippen LogP) is 4.27. The molecule has 0 radical (unpaired) electrons. The summed E-state index contributed by atoms with van der Waals surface area (Å²) in [7, 11) is 7.05. The van der Waals surface area contributed by atoms with E-state index in [4.69, 9.17) is 28.4 Å². The molecule has 0 saturated carbocycles. The summed E-state index contributed by atoms with van der Waals surface area (Å²) in [6, 6.07) is 18.0. The van der Waals surface area contributed by atoms with E-state index in [2.05, 4.69) is 31.3 Å². The van der Waals surface area contributed by atoms with Crippen LogP contribution in [-0.4, -0.2) is 114 Å². The molecule has 6 rings (SSSR count). The molecule has 0 spiro atoms. The van der Waals surface area contributed by atoms with Gasteiger partial charge in [0.05, 0.1) is 53.0 Å². The normalized spacial score (nSPS) is 16.6. The van der Waals surface area contributed by atoms with Gasteiger partial charge in [-0.25, -0.2) is 9.18 Å². The lowest BCUT2D eigenvalue weighted by Crippen LogP contribution is -2.37. The van der Waals surface area contributed by atoms with Crippen molar-refractivity contribution in [3.05, 3.63) is 142 Å². The third-order valence-electron chi connectivity index (χ3n) is 12.5. The van der Waals surface area contributed by atoms with Crippen LogP contribution in [0, 0.1) is 11.7 Å². The lowest BCUT2D eigenvalue weighted by Gasteiger charge is -2.21. The third kappa shape index (κ3) is 15.1. The number of ether oxygens (including phenoxy) is 7. The first-order valence-corrected chi connectivity index (χ1v) is 23.8. The van der Waals surface area contributed by atoms with Gasteiger partial charge in [-0.3, -0.25) is 28.8 Å². The molecule has 0 aliphatic carbocycles. The van der Waals surface area contributed by atoms with E-state index in [-0.39, 0.29) is 60.5 Å². The van der Waals surface area contributed by atoms with Crippen molar-refractivity contribution < 1.29 is 71.1 Å². The van der Waals surface area contributed by atoms with Crippen molar-refractivity contribution in [2.75, 3.05) is 61.8 Å². The summed E-state index contributed by atoms with van der Waals surface area (Å²) in [4.78, 5) is 92.2. The highest BCUT2D eigenvalue weighted by molar-refractivity contribution is 5.98. The summed E-state index contributed by atoms with van der Waals surface area (Å²) in [6.45, 7) is 3.43. The van der Waals surface area contributed by atoms with Gasteiger partial charge in [-0.1, -0.05) is 30.3 Å². The fourth-order valence-electron chi connectivity index (χ4n) is 8.04. The van der Waals surface area contributed by atoms with Gasteiger partial charge < -0.3 is 64.6 Å². The number of epoxide rings is 1. The average molecular weight is 1040 g/mol. The Kier molecular flexibility index (Phi) is 19.5. The molecule has 0 bridgehead atoms. The van der Waals surface area contributed by atoms with E-state index in [1.165, 1.54) is 40.6 Å². The predicted molar refractivity (Wildman–Crippen MR) is 269 cm³/mol. The monoisotopic (exact) mass is 1040 g/mol. The van der Waals surface area contributed by atoms with Crippen molar-refractivity contribution in [3.63, 3.8) is 0 Å². The smallest absolute Gasteiger partial charge is 0.330 e. The minimum Gasteiger partial charge on any atom is -0.493 e. The number of likely N-dealkylation sites (tertiary alicyclic amines) is 1. The number of halogens is 1. The number of carbonyl (C=O) groups excluding carboxylic acids is 7. The van der Waals surface area contributed by atoms with Gasteiger partial charge in [0.25, 0.3) is 11.8 Å². The van der Waals surface area contributed by atoms with Crippen molar-refractivity contribution >= 4 is 41.4 Å². The molecule has 2 aliphatic heterocycles. The Balaban J connectivity index is 1.15. The van der Waals surface area contributed by atoms with Crippen LogP contribution in [0.3, 0.4) is 0 Å². The van der Waals surface area contributed by atoms with Gasteiger partial charge in [0, 0.05) is 62.6 Å². The van der Waals surface area contributed by atoms with Crippen LogP contribution in [0.5, 0.6) is 23.0 Å². The van der Waals surface area contributed by atoms with Crippen molar-refractivity contribution in [1.82, 2.24) is 31.5 Å². The Morgan fingerprint density at radius 1 is 0.733 bits per heavy atom. The number of nitrogens with one attached hydrogen (secondary N) is 5. The van der Waals surface area contributed by atoms with Gasteiger partial charge in [0.1, 0.15) is 19.0 Å². The third-order valence-corrected chi connectivity index (χ3v) is 12.5. The molecular weight excluding hydrogens is 976 g/mol. The Bertz CT molecular complexity index is 2830. The SMILES string of the molecule is COC(=O)/C=C/C(=O)NCC(=O)NCc1c(COc2cc([C@@H](C)NC(=O)c3ccccc3CNC(=O)C3CCN(C(=O)/C=C/C4(OC)CO4)C3)ccc2OC)cc(F)cc1C(=O)N[C@H](C)c1ccc(OC)c(OC)c1. The van der Waals surface area contributed by atoms with E-state index in [0.29, 0.717) is 59.1 Å². The summed E-state index contributed by atoms with van der Waals surface area (Å²) in [5.74, 6) is -4.44. The van der Waals surface area contributed by atoms with Crippen molar-refractivity contribution in [1.29, 1.82) is 0 Å². The van der Waals surface area contributed by atoms with Crippen molar-refractivity contribution in [2.24, 2.45) is 5.92 Å². The number of esters is 1. The maximum absolute atomic E-state index is 15.6. The molecule has 4 atom stereocenters. The topological polar surface area (TPSA) is 251 Å². The second-order valence-electron chi connectivity index (χ2n) is 17.4. The zero-order chi connectivity index (χ0) is 54.2. The quantitative estimate of drug-likeness (QED) is 0.0374. The van der Waals surface area contributed by atoms with Crippen LogP contribution in [0.2, 0.25) is 0 Å². The van der Waals surface area contributed by atoms with Crippen LogP contribution < -0.4 is 45.5 Å². The fraction of sp³-hybridized carbons (Fsp3) is 0.352. The molecule has 2 aliphatic rings. The molecule has 398 valence electrons. The number of nitrogens with zero attached hydrogens (tertiary/aromatic N) is 1. The van der Waals surface area contributed by atoms with Crippen LogP contribution in [0.25, 0.3) is 0 Å². The first-order chi connectivity index (χ1) is 36.0. The van der Waals surface area contributed by atoms with Crippen molar-refractivity contribution in [3.8, 4) is 23.0 Å². The second kappa shape index (κ2) is 26.1. The summed E-state index contributed by atoms with van der Waals surface area (Å²) in [5.41, 5.74) is 2.40. The van der Waals surface area contributed by atoms with E-state index in [1.807, 2.05) is 0 Å². The minimum absolute atomic E-state index is 0.0636. The number of rotatable bonds is 24. The van der Waals surface area contributed by atoms with Gasteiger partial charge in [0.15, 0.2) is 23.0 Å². The maximum atomic E-state index is 15.6. The standard InChI is InChI=1S/C54H61FN6O14/c1-32(34-12-14-43(69-3)45(23-34)71-5)60-53(68)41-25-39(55)22-38(42(41)27-56-48(63)28-57-47(62)16-17-50(65)72-6)30-74-46-24-35(13-15-44(46)70-4)33(2)59-52(67)40-11-9-8-10-36(40)26-58-51(66)37-19-21-61(29-37)49(64)18-20-54(73-7)31-75-54/h8-18,20,22-25,32-33,37H,19,21,26-31H2,1-7H3,(H,56,63)(H,57,62)(H,58,66)(H,59,67)(H,60,68)/b17-16+,20-18+/t32-,33-,37?,54?/m1/s1. The van der Waals surface area contributed by atoms with Gasteiger partial charge in [-0.2, -0.15) is 0 Å². The summed E-state index contributed by atoms with van der Waals surface area (Å²) in [6.07, 6.45) is 5.24. The van der Waals surface area contributed by atoms with Crippen LogP contribution in [0.15, 0.2) is 97.1 Å². The number of methoxy groups -OCH3 is 5. The van der Waals surface area contributed by atoms with Crippen LogP contribution >= 0.6 is 0 Å². The number of carbonyl (C=O) groups is 7. The van der Waals surface area contributed by atoms with Crippen LogP contribution in [0.4, 0.5) is 4.39 Å². The van der Waals surface area contributed by atoms with E-state index in [0.717, 1.165) is 25.3 Å². The minimum atomic E-state index is -0.859. The average Bonchev–Trinajstić information content (AvgIpc) is 4.04. The fourth-order valence-corrected chi connectivity index (χ4v) is 8.04. The van der Waals surface area contributed by atoms with E-state index in [1.54, 1.807) is 85.5 Å². The lowest BCUT2D eigenvalue weighted by atomic mass is 9.99. The van der Waals surface area contributed by atoms with E-state index < -0.39 is 65.7 Å². The largest absolute Gasteiger partial charge is 0.493 e. The molecule has 75 heavy (non-hydrogen) atoms. The summed E-state index contributed by atoms with van der Waals surface area (Å²) >= 11 is 0. The van der Waals surface area contributed by atoms with Crippen molar-refractivity contribution in [2.45, 2.75) is 57.8 Å². The highest BCUT2D eigenvalue weighted by Gasteiger charge is 2.43. The van der Waals surface area contributed by atoms with E-state index in [9.17, 15) is 33.6 Å². The zero-order valence-electron chi connectivity index (χ0n) is 42.7. The molecule has 2 fully saturated rings. The molecule has 21 heteroatoms. The Morgan fingerprint density at radius 2 is 1.37 bits per heavy atom. The molecular formula is C54H61FN6O14. The first-order valence-electron chi connectivity index (χ1n) is 23.8. The van der Waals surface area contributed by atoms with Gasteiger partial charge in [-0.15, -0.1) is 0 Å². The Labute approximate surface area is 433 Å². The molecule has 4 aromatic carbocycles. The van der Waals surface area contributed by atoms with Gasteiger partial charge in [0.2, 0.25) is 29.4 Å². The zero-order valence-corrected chi connectivity index (χ0v) is 42.7. The summed E-state index contributed by atoms with van der Waals surface area (Å²) in [5, 5.41) is 13.8. The maximum Gasteiger partial charge on any atom is 0.330 e. The lowest BCUT2D eigenvalue weighted by molar-refractivity contribution is -0.135. The molecule has 4 aromatic rings. The van der Waals surface area contributed by atoms with Gasteiger partial charge in [-0.05, 0) is 96.6 Å². The van der Waals surface area contributed by atoms with Gasteiger partial charge >= 0.3 is 5.97 Å². The number of hydrogen-bond acceptors (Lipinski definition) is 14.